The molecule has 0 amide bonds. The zero-order chi connectivity index (χ0) is 20.1. The van der Waals surface area contributed by atoms with Crippen LogP contribution < -0.4 is 0 Å². The van der Waals surface area contributed by atoms with Crippen molar-refractivity contribution in [2.45, 2.75) is 114 Å². The Balaban J connectivity index is 1.55. The Kier molecular flexibility index (Phi) is 8.57. The molecule has 28 heavy (non-hydrogen) atoms. The van der Waals surface area contributed by atoms with Gasteiger partial charge in [0, 0.05) is 0 Å². The lowest BCUT2D eigenvalue weighted by Gasteiger charge is -2.38. The largest absolute Gasteiger partial charge is 0.393 e. The van der Waals surface area contributed by atoms with E-state index in [0.717, 1.165) is 57.8 Å². The van der Waals surface area contributed by atoms with Crippen LogP contribution in [0.5, 0.6) is 0 Å². The number of ether oxygens (including phenoxy) is 1. The Bertz CT molecular complexity index is 460. The normalized spacial score (nSPS) is 43.6. The van der Waals surface area contributed by atoms with Crippen molar-refractivity contribution in [2.24, 2.45) is 17.8 Å². The van der Waals surface area contributed by atoms with Gasteiger partial charge in [-0.15, -0.1) is 0 Å². The van der Waals surface area contributed by atoms with E-state index < -0.39 is 18.3 Å². The quantitative estimate of drug-likeness (QED) is 0.445. The molecule has 0 aromatic heterocycles. The summed E-state index contributed by atoms with van der Waals surface area (Å²) in [5.74, 6) is 0.512. The minimum Gasteiger partial charge on any atom is -0.393 e. The minimum absolute atomic E-state index is 0.0907. The van der Waals surface area contributed by atoms with Crippen molar-refractivity contribution in [1.29, 1.82) is 0 Å². The first-order valence-electron chi connectivity index (χ1n) is 11.4. The molecule has 3 fully saturated rings. The molecule has 3 saturated carbocycles. The lowest BCUT2D eigenvalue weighted by Crippen LogP contribution is -2.39. The van der Waals surface area contributed by atoms with Crippen molar-refractivity contribution in [3.05, 3.63) is 0 Å². The second kappa shape index (κ2) is 10.7. The van der Waals surface area contributed by atoms with Crippen LogP contribution in [0.1, 0.15) is 77.0 Å². The summed E-state index contributed by atoms with van der Waals surface area (Å²) >= 11 is 0. The van der Waals surface area contributed by atoms with Gasteiger partial charge in [0.05, 0.1) is 43.2 Å². The van der Waals surface area contributed by atoms with Crippen molar-refractivity contribution < 1.29 is 30.3 Å². The van der Waals surface area contributed by atoms with Crippen LogP contribution in [-0.2, 0) is 4.74 Å². The highest BCUT2D eigenvalue weighted by Crippen LogP contribution is 2.37. The third-order valence-electron chi connectivity index (χ3n) is 7.43. The van der Waals surface area contributed by atoms with E-state index in [0.29, 0.717) is 25.9 Å². The first kappa shape index (κ1) is 22.4. The Hall–Kier alpha value is -0.240. The van der Waals surface area contributed by atoms with E-state index in [1.165, 1.54) is 0 Å². The zero-order valence-electron chi connectivity index (χ0n) is 17.0. The molecule has 164 valence electrons. The maximum Gasteiger partial charge on any atom is 0.0599 e. The van der Waals surface area contributed by atoms with E-state index in [9.17, 15) is 25.5 Å². The van der Waals surface area contributed by atoms with Crippen molar-refractivity contribution in [2.75, 3.05) is 6.61 Å². The van der Waals surface area contributed by atoms with Crippen LogP contribution in [0.4, 0.5) is 0 Å². The molecule has 0 bridgehead atoms. The highest BCUT2D eigenvalue weighted by Gasteiger charge is 2.36. The van der Waals surface area contributed by atoms with Crippen LogP contribution in [0.3, 0.4) is 0 Å². The van der Waals surface area contributed by atoms with E-state index in [-0.39, 0.29) is 36.1 Å². The summed E-state index contributed by atoms with van der Waals surface area (Å²) in [5, 5.41) is 50.4. The van der Waals surface area contributed by atoms with E-state index in [1.54, 1.807) is 0 Å². The summed E-state index contributed by atoms with van der Waals surface area (Å²) < 4.78 is 6.19. The van der Waals surface area contributed by atoms with Gasteiger partial charge < -0.3 is 30.3 Å². The van der Waals surface area contributed by atoms with E-state index >= 15 is 0 Å². The predicted octanol–water partition coefficient (Wildman–Crippen LogP) is 1.75. The summed E-state index contributed by atoms with van der Waals surface area (Å²) in [6.07, 6.45) is 7.36. The molecular weight excluding hydrogens is 360 g/mol. The molecule has 5 N–H and O–H groups in total. The fraction of sp³-hybridized carbons (Fsp3) is 1.00. The molecular formula is C22H40O6. The molecule has 3 aliphatic rings. The van der Waals surface area contributed by atoms with E-state index in [1.807, 2.05) is 0 Å². The topological polar surface area (TPSA) is 110 Å². The predicted molar refractivity (Wildman–Crippen MR) is 106 cm³/mol. The van der Waals surface area contributed by atoms with Crippen molar-refractivity contribution >= 4 is 0 Å². The first-order valence-corrected chi connectivity index (χ1v) is 11.4. The maximum absolute atomic E-state index is 10.6. The summed E-state index contributed by atoms with van der Waals surface area (Å²) in [6.45, 7) is 0.570. The average molecular weight is 401 g/mol. The van der Waals surface area contributed by atoms with Crippen molar-refractivity contribution in [3.8, 4) is 0 Å². The van der Waals surface area contributed by atoms with Gasteiger partial charge in [-0.2, -0.15) is 0 Å². The summed E-state index contributed by atoms with van der Waals surface area (Å²) in [4.78, 5) is 0. The molecule has 0 aromatic carbocycles. The first-order chi connectivity index (χ1) is 13.4. The zero-order valence-corrected chi connectivity index (χ0v) is 17.0. The number of aliphatic hydroxyl groups is 5. The Labute approximate surface area is 168 Å². The Morgan fingerprint density at radius 2 is 1.39 bits per heavy atom. The number of rotatable bonds is 7. The van der Waals surface area contributed by atoms with Crippen LogP contribution in [0.25, 0.3) is 0 Å². The fourth-order valence-corrected chi connectivity index (χ4v) is 5.60. The van der Waals surface area contributed by atoms with Crippen molar-refractivity contribution in [3.63, 3.8) is 0 Å². The molecule has 0 aliphatic heterocycles. The lowest BCUT2D eigenvalue weighted by molar-refractivity contribution is -0.0721. The highest BCUT2D eigenvalue weighted by molar-refractivity contribution is 4.86. The molecule has 0 saturated heterocycles. The lowest BCUT2D eigenvalue weighted by atomic mass is 9.73. The molecule has 0 radical (unpaired) electrons. The van der Waals surface area contributed by atoms with E-state index in [4.69, 9.17) is 4.74 Å². The van der Waals surface area contributed by atoms with Crippen LogP contribution in [0.2, 0.25) is 0 Å². The van der Waals surface area contributed by atoms with Gasteiger partial charge in [-0.25, -0.2) is 0 Å². The number of hydrogen-bond donors (Lipinski definition) is 5. The highest BCUT2D eigenvalue weighted by atomic mass is 16.5. The van der Waals surface area contributed by atoms with Crippen LogP contribution in [0.15, 0.2) is 0 Å². The Morgan fingerprint density at radius 3 is 2.07 bits per heavy atom. The molecule has 3 aliphatic carbocycles. The summed E-state index contributed by atoms with van der Waals surface area (Å²) in [7, 11) is 0. The van der Waals surface area contributed by atoms with E-state index in [2.05, 4.69) is 0 Å². The third kappa shape index (κ3) is 6.38. The monoisotopic (exact) mass is 400 g/mol. The molecule has 6 heteroatoms. The van der Waals surface area contributed by atoms with Crippen molar-refractivity contribution in [1.82, 2.24) is 0 Å². The third-order valence-corrected chi connectivity index (χ3v) is 7.43. The standard InChI is InChI=1S/C22H40O6/c23-16-2-1-3-19(10-16)28-13-15(20-9-8-18(25)12-22(20)27)5-4-14-6-7-17(24)11-21(14)26/h14-27H,1-13H2. The SMILES string of the molecule is OC1CCCC(OCC(CCC2CCC(O)CC2O)C2CCC(O)CC2O)C1. The molecule has 9 unspecified atom stereocenters. The molecule has 0 spiro atoms. The van der Waals surface area contributed by atoms with Crippen LogP contribution in [-0.4, -0.2) is 68.8 Å². The second-order valence-corrected chi connectivity index (χ2v) is 9.61. The van der Waals surface area contributed by atoms with Gasteiger partial charge >= 0.3 is 0 Å². The van der Waals surface area contributed by atoms with Gasteiger partial charge in [-0.1, -0.05) is 0 Å². The number of hydrogen-bond acceptors (Lipinski definition) is 6. The second-order valence-electron chi connectivity index (χ2n) is 9.61. The smallest absolute Gasteiger partial charge is 0.0599 e. The summed E-state index contributed by atoms with van der Waals surface area (Å²) in [6, 6.07) is 0. The van der Waals surface area contributed by atoms with Gasteiger partial charge in [0.1, 0.15) is 0 Å². The maximum atomic E-state index is 10.6. The molecule has 3 rings (SSSR count). The minimum atomic E-state index is -0.507. The molecule has 0 heterocycles. The summed E-state index contributed by atoms with van der Waals surface area (Å²) in [5.41, 5.74) is 0. The Morgan fingerprint density at radius 1 is 0.714 bits per heavy atom. The molecule has 0 aromatic rings. The van der Waals surface area contributed by atoms with Gasteiger partial charge in [-0.05, 0) is 94.8 Å². The average Bonchev–Trinajstić information content (AvgIpc) is 2.64. The molecule has 9 atom stereocenters. The van der Waals surface area contributed by atoms with Crippen LogP contribution >= 0.6 is 0 Å². The van der Waals surface area contributed by atoms with Gasteiger partial charge in [-0.3, -0.25) is 0 Å². The molecule has 6 nitrogen and oxygen atoms in total. The number of aliphatic hydroxyl groups excluding tert-OH is 5. The van der Waals surface area contributed by atoms with Gasteiger partial charge in [0.15, 0.2) is 0 Å². The fourth-order valence-electron chi connectivity index (χ4n) is 5.60. The van der Waals surface area contributed by atoms with Gasteiger partial charge in [0.25, 0.3) is 0 Å². The van der Waals surface area contributed by atoms with Gasteiger partial charge in [0.2, 0.25) is 0 Å². The van der Waals surface area contributed by atoms with Crippen LogP contribution in [0, 0.1) is 17.8 Å².